The van der Waals surface area contributed by atoms with Crippen molar-refractivity contribution in [1.29, 1.82) is 0 Å². The van der Waals surface area contributed by atoms with Gasteiger partial charge in [0.15, 0.2) is 11.6 Å². The monoisotopic (exact) mass is 488 g/mol. The molecule has 36 heavy (non-hydrogen) atoms. The average molecular weight is 489 g/mol. The van der Waals surface area contributed by atoms with Crippen LogP contribution in [-0.4, -0.2) is 30.7 Å². The van der Waals surface area contributed by atoms with Crippen molar-refractivity contribution < 1.29 is 23.9 Å². The number of allylic oxidation sites excluding steroid dienone is 1. The number of carbonyl (C=O) groups is 3. The normalized spacial score (nSPS) is 18.8. The van der Waals surface area contributed by atoms with Gasteiger partial charge in [-0.2, -0.15) is 0 Å². The number of unbranched alkanes of at least 4 members (excludes halogenated alkanes) is 1. The number of benzene rings is 2. The molecule has 1 fully saturated rings. The largest absolute Gasteiger partial charge is 0.494 e. The molecule has 2 atom stereocenters. The third-order valence-corrected chi connectivity index (χ3v) is 6.70. The molecule has 1 saturated carbocycles. The molecule has 2 aromatic rings. The minimum Gasteiger partial charge on any atom is -0.494 e. The fourth-order valence-electron chi connectivity index (χ4n) is 4.43. The first-order valence-corrected chi connectivity index (χ1v) is 12.7. The molecule has 0 heterocycles. The Bertz CT molecular complexity index is 1090. The molecule has 0 spiro atoms. The van der Waals surface area contributed by atoms with E-state index in [0.717, 1.165) is 36.5 Å². The number of esters is 1. The molecule has 0 aliphatic heterocycles. The predicted molar refractivity (Wildman–Crippen MR) is 142 cm³/mol. The van der Waals surface area contributed by atoms with Gasteiger partial charge in [0.25, 0.3) is 0 Å². The third kappa shape index (κ3) is 7.27. The zero-order valence-electron chi connectivity index (χ0n) is 21.5. The summed E-state index contributed by atoms with van der Waals surface area (Å²) in [7, 11) is 0. The van der Waals surface area contributed by atoms with E-state index in [0.29, 0.717) is 42.4 Å². The van der Waals surface area contributed by atoms with Gasteiger partial charge < -0.3 is 9.47 Å². The van der Waals surface area contributed by atoms with Crippen molar-refractivity contribution in [2.24, 2.45) is 17.8 Å². The Balaban J connectivity index is 1.56. The molecule has 0 amide bonds. The van der Waals surface area contributed by atoms with E-state index in [2.05, 4.69) is 27.4 Å². The Kier molecular flexibility index (Phi) is 9.80. The quantitative estimate of drug-likeness (QED) is 0.157. The second-order valence-corrected chi connectivity index (χ2v) is 9.70. The van der Waals surface area contributed by atoms with Crippen LogP contribution in [0.2, 0.25) is 0 Å². The number of hydrogen-bond acceptors (Lipinski definition) is 5. The summed E-state index contributed by atoms with van der Waals surface area (Å²) in [6.45, 7) is 10.5. The summed E-state index contributed by atoms with van der Waals surface area (Å²) in [5, 5.41) is 0. The van der Waals surface area contributed by atoms with Crippen molar-refractivity contribution in [1.82, 2.24) is 0 Å². The highest BCUT2D eigenvalue weighted by atomic mass is 16.5. The fourth-order valence-corrected chi connectivity index (χ4v) is 4.43. The maximum Gasteiger partial charge on any atom is 0.330 e. The number of rotatable bonds is 11. The summed E-state index contributed by atoms with van der Waals surface area (Å²) in [5.74, 6) is 1.17. The summed E-state index contributed by atoms with van der Waals surface area (Å²) >= 11 is 0. The minimum atomic E-state index is -0.420. The first kappa shape index (κ1) is 27.1. The molecule has 0 radical (unpaired) electrons. The van der Waals surface area contributed by atoms with Crippen LogP contribution >= 0.6 is 0 Å². The zero-order valence-corrected chi connectivity index (χ0v) is 21.5. The number of ketones is 2. The molecule has 5 nitrogen and oxygen atoms in total. The molecule has 1 aliphatic carbocycles. The maximum atomic E-state index is 13.0. The number of hydrogen-bond donors (Lipinski definition) is 0. The van der Waals surface area contributed by atoms with Crippen LogP contribution in [0.4, 0.5) is 0 Å². The topological polar surface area (TPSA) is 69.7 Å². The van der Waals surface area contributed by atoms with Crippen molar-refractivity contribution in [3.8, 4) is 5.75 Å². The summed E-state index contributed by atoms with van der Waals surface area (Å²) in [6.07, 6.45) is 6.57. The molecular weight excluding hydrogens is 452 g/mol. The fraction of sp³-hybridized carbons (Fsp3) is 0.387. The minimum absolute atomic E-state index is 0.0632. The molecule has 0 aromatic heterocycles. The highest BCUT2D eigenvalue weighted by Crippen LogP contribution is 2.35. The smallest absolute Gasteiger partial charge is 0.330 e. The van der Waals surface area contributed by atoms with Crippen LogP contribution in [0.15, 0.2) is 66.8 Å². The third-order valence-electron chi connectivity index (χ3n) is 6.70. The van der Waals surface area contributed by atoms with Crippen molar-refractivity contribution >= 4 is 23.6 Å². The second kappa shape index (κ2) is 13.0. The van der Waals surface area contributed by atoms with E-state index in [1.54, 1.807) is 24.3 Å². The van der Waals surface area contributed by atoms with Gasteiger partial charge in [0, 0.05) is 23.1 Å². The molecule has 0 bridgehead atoms. The first-order chi connectivity index (χ1) is 17.3. The van der Waals surface area contributed by atoms with E-state index >= 15 is 0 Å². The van der Waals surface area contributed by atoms with Crippen molar-refractivity contribution in [3.05, 3.63) is 83.4 Å². The van der Waals surface area contributed by atoms with Crippen molar-refractivity contribution in [3.63, 3.8) is 0 Å². The van der Waals surface area contributed by atoms with E-state index in [-0.39, 0.29) is 23.4 Å². The summed E-state index contributed by atoms with van der Waals surface area (Å²) in [5.41, 5.74) is 3.02. The van der Waals surface area contributed by atoms with Gasteiger partial charge in [-0.1, -0.05) is 51.6 Å². The molecule has 1 aliphatic rings. The first-order valence-electron chi connectivity index (χ1n) is 12.7. The van der Waals surface area contributed by atoms with Gasteiger partial charge in [0.2, 0.25) is 0 Å². The maximum absolute atomic E-state index is 13.0. The Morgan fingerprint density at radius 2 is 1.58 bits per heavy atom. The highest BCUT2D eigenvalue weighted by molar-refractivity contribution is 6.09. The van der Waals surface area contributed by atoms with Crippen LogP contribution in [0.25, 0.3) is 6.08 Å². The Labute approximate surface area is 214 Å². The molecule has 0 unspecified atom stereocenters. The average Bonchev–Trinajstić information content (AvgIpc) is 2.88. The van der Waals surface area contributed by atoms with Crippen molar-refractivity contribution in [2.45, 2.75) is 46.5 Å². The Morgan fingerprint density at radius 1 is 0.972 bits per heavy atom. The van der Waals surface area contributed by atoms with Crippen LogP contribution in [0.5, 0.6) is 5.75 Å². The van der Waals surface area contributed by atoms with Gasteiger partial charge >= 0.3 is 5.97 Å². The highest BCUT2D eigenvalue weighted by Gasteiger charge is 2.32. The van der Waals surface area contributed by atoms with E-state index in [9.17, 15) is 14.4 Å². The van der Waals surface area contributed by atoms with Gasteiger partial charge in [-0.25, -0.2) is 4.79 Å². The SMILES string of the molecule is C=CC(=O)OCCCCOc1ccc(C(=O)c2ccc(/C=C3/C(=O)[C@H](C(C)C)CC[C@H]3C)cc2)cc1. The van der Waals surface area contributed by atoms with Crippen LogP contribution in [-0.2, 0) is 14.3 Å². The van der Waals surface area contributed by atoms with Gasteiger partial charge in [-0.05, 0) is 79.0 Å². The van der Waals surface area contributed by atoms with E-state index < -0.39 is 5.97 Å². The van der Waals surface area contributed by atoms with Gasteiger partial charge in [-0.15, -0.1) is 0 Å². The van der Waals surface area contributed by atoms with Gasteiger partial charge in [0.1, 0.15) is 5.75 Å². The van der Waals surface area contributed by atoms with Crippen molar-refractivity contribution in [2.75, 3.05) is 13.2 Å². The predicted octanol–water partition coefficient (Wildman–Crippen LogP) is 6.46. The molecule has 0 saturated heterocycles. The van der Waals surface area contributed by atoms with Gasteiger partial charge in [0.05, 0.1) is 13.2 Å². The Morgan fingerprint density at radius 3 is 2.19 bits per heavy atom. The molecular formula is C31H36O5. The van der Waals surface area contributed by atoms with Crippen LogP contribution < -0.4 is 4.74 Å². The molecule has 0 N–H and O–H groups in total. The molecule has 190 valence electrons. The lowest BCUT2D eigenvalue weighted by Gasteiger charge is -2.30. The molecule has 2 aromatic carbocycles. The van der Waals surface area contributed by atoms with Gasteiger partial charge in [-0.3, -0.25) is 9.59 Å². The number of ether oxygens (including phenoxy) is 2. The van der Waals surface area contributed by atoms with Crippen LogP contribution in [0, 0.1) is 17.8 Å². The summed E-state index contributed by atoms with van der Waals surface area (Å²) in [4.78, 5) is 36.9. The number of carbonyl (C=O) groups excluding carboxylic acids is 3. The zero-order chi connectivity index (χ0) is 26.1. The number of Topliss-reactive ketones (excluding diaryl/α,β-unsaturated/α-hetero) is 1. The van der Waals surface area contributed by atoms with E-state index in [1.165, 1.54) is 0 Å². The van der Waals surface area contributed by atoms with E-state index in [4.69, 9.17) is 9.47 Å². The van der Waals surface area contributed by atoms with Crippen LogP contribution in [0.3, 0.4) is 0 Å². The lowest BCUT2D eigenvalue weighted by molar-refractivity contribution is -0.137. The van der Waals surface area contributed by atoms with Crippen LogP contribution in [0.1, 0.15) is 67.9 Å². The lowest BCUT2D eigenvalue weighted by atomic mass is 9.73. The lowest BCUT2D eigenvalue weighted by Crippen LogP contribution is -2.30. The second-order valence-electron chi connectivity index (χ2n) is 9.70. The molecule has 5 heteroatoms. The molecule has 3 rings (SSSR count). The van der Waals surface area contributed by atoms with E-state index in [1.807, 2.05) is 30.3 Å². The standard InChI is InChI=1S/C31H36O5/c1-5-29(32)36-19-7-6-18-35-26-15-13-25(14-16-26)30(33)24-11-9-23(10-12-24)20-28-22(4)8-17-27(21(2)3)31(28)34/h5,9-16,20-22,27H,1,6-8,17-19H2,2-4H3/b28-20+/t22-,27+/m1/s1. The Hall–Kier alpha value is -3.47. The summed E-state index contributed by atoms with van der Waals surface area (Å²) in [6, 6.07) is 14.5. The summed E-state index contributed by atoms with van der Waals surface area (Å²) < 4.78 is 10.6.